The highest BCUT2D eigenvalue weighted by atomic mass is 79.9. The van der Waals surface area contributed by atoms with E-state index in [1.807, 2.05) is 66.2 Å². The standard InChI is InChI=1S/C28H22Br2N6O2/c1-35-21(15-31-33-19-7-3-17(29)4-8-19)11-13-23(35)25-27(37)26(28(25)38)24-14-12-22(36(24)2)16-32-34-20-9-5-18(30)6-10-20/h3-16,31,33H,1-2H3/b21-15-,22-16+,25-23?,26-24?,34-32?. The molecule has 0 radical (unpaired) electrons. The zero-order chi connectivity index (χ0) is 26.8. The summed E-state index contributed by atoms with van der Waals surface area (Å²) in [7, 11) is 3.61. The summed E-state index contributed by atoms with van der Waals surface area (Å²) in [5.41, 5.74) is 7.20. The van der Waals surface area contributed by atoms with Crippen LogP contribution >= 0.6 is 31.9 Å². The highest BCUT2D eigenvalue weighted by Gasteiger charge is 2.12. The summed E-state index contributed by atoms with van der Waals surface area (Å²) >= 11 is 6.80. The molecule has 5 rings (SSSR count). The van der Waals surface area contributed by atoms with Crippen molar-refractivity contribution in [2.75, 3.05) is 5.43 Å². The first-order valence-electron chi connectivity index (χ1n) is 11.6. The molecule has 0 atom stereocenters. The number of halogens is 2. The fourth-order valence-electron chi connectivity index (χ4n) is 4.08. The van der Waals surface area contributed by atoms with Crippen LogP contribution < -0.4 is 32.4 Å². The third-order valence-corrected chi connectivity index (χ3v) is 7.27. The summed E-state index contributed by atoms with van der Waals surface area (Å²) in [4.78, 5) is 26.3. The topological polar surface area (TPSA) is 92.8 Å². The second-order valence-corrected chi connectivity index (χ2v) is 10.4. The molecule has 0 aliphatic carbocycles. The summed E-state index contributed by atoms with van der Waals surface area (Å²) in [5, 5.41) is 11.3. The molecule has 8 nitrogen and oxygen atoms in total. The van der Waals surface area contributed by atoms with Gasteiger partial charge in [0.05, 0.1) is 49.4 Å². The minimum atomic E-state index is -0.270. The first-order valence-corrected chi connectivity index (χ1v) is 13.2. The molecule has 0 saturated carbocycles. The first-order chi connectivity index (χ1) is 18.3. The predicted molar refractivity (Wildman–Crippen MR) is 155 cm³/mol. The van der Waals surface area contributed by atoms with Crippen molar-refractivity contribution in [3.63, 3.8) is 0 Å². The van der Waals surface area contributed by atoms with Gasteiger partial charge < -0.3 is 20.0 Å². The number of hydrogen-bond acceptors (Lipinski definition) is 6. The molecule has 0 fully saturated rings. The van der Waals surface area contributed by atoms with Gasteiger partial charge in [-0.05, 0) is 72.8 Å². The van der Waals surface area contributed by atoms with Crippen LogP contribution in [0.2, 0.25) is 0 Å². The minimum Gasteiger partial charge on any atom is -0.343 e. The van der Waals surface area contributed by atoms with Gasteiger partial charge in [0.2, 0.25) is 10.9 Å². The number of hydrazine groups is 1. The molecule has 0 spiro atoms. The highest BCUT2D eigenvalue weighted by molar-refractivity contribution is 9.10. The number of anilines is 1. The lowest BCUT2D eigenvalue weighted by molar-refractivity contribution is 0.837. The van der Waals surface area contributed by atoms with Crippen molar-refractivity contribution >= 4 is 55.6 Å². The fraction of sp³-hybridized carbons (Fsp3) is 0.0714. The van der Waals surface area contributed by atoms with Gasteiger partial charge in [-0.15, -0.1) is 0 Å². The molecule has 2 N–H and O–H groups in total. The van der Waals surface area contributed by atoms with Crippen LogP contribution in [0.15, 0.2) is 102 Å². The third kappa shape index (κ3) is 5.05. The van der Waals surface area contributed by atoms with E-state index in [9.17, 15) is 9.59 Å². The summed E-state index contributed by atoms with van der Waals surface area (Å²) < 4.78 is 5.54. The zero-order valence-corrected chi connectivity index (χ0v) is 23.6. The molecule has 2 heterocycles. The number of benzene rings is 2. The predicted octanol–water partition coefficient (Wildman–Crippen LogP) is 3.94. The van der Waals surface area contributed by atoms with E-state index in [2.05, 4.69) is 52.9 Å². The van der Waals surface area contributed by atoms with Gasteiger partial charge in [0.15, 0.2) is 0 Å². The van der Waals surface area contributed by atoms with E-state index >= 15 is 0 Å². The Morgan fingerprint density at radius 1 is 0.711 bits per heavy atom. The van der Waals surface area contributed by atoms with E-state index in [0.29, 0.717) is 10.7 Å². The molecular formula is C28H22Br2N6O2. The Morgan fingerprint density at radius 3 is 1.84 bits per heavy atom. The monoisotopic (exact) mass is 632 g/mol. The molecule has 0 amide bonds. The Labute approximate surface area is 233 Å². The van der Waals surface area contributed by atoms with Crippen molar-refractivity contribution in [3.05, 3.63) is 134 Å². The number of nitrogens with zero attached hydrogens (tertiary/aromatic N) is 4. The van der Waals surface area contributed by atoms with Crippen LogP contribution in [0.1, 0.15) is 0 Å². The van der Waals surface area contributed by atoms with Crippen LogP contribution in [0.5, 0.6) is 0 Å². The molecule has 0 aliphatic rings. The maximum atomic E-state index is 13.1. The molecule has 10 heteroatoms. The van der Waals surface area contributed by atoms with Crippen LogP contribution in [0, 0.1) is 21.1 Å². The van der Waals surface area contributed by atoms with Gasteiger partial charge in [0.1, 0.15) is 0 Å². The van der Waals surface area contributed by atoms with Crippen LogP contribution in [-0.4, -0.2) is 9.13 Å². The second-order valence-electron chi connectivity index (χ2n) is 8.55. The minimum absolute atomic E-state index is 0.175. The van der Waals surface area contributed by atoms with Gasteiger partial charge in [0.25, 0.3) is 0 Å². The quantitative estimate of drug-likeness (QED) is 0.227. The van der Waals surface area contributed by atoms with Gasteiger partial charge in [-0.1, -0.05) is 31.9 Å². The van der Waals surface area contributed by atoms with Crippen molar-refractivity contribution in [3.8, 4) is 0 Å². The summed E-state index contributed by atoms with van der Waals surface area (Å²) in [6.45, 7) is 0. The fourth-order valence-corrected chi connectivity index (χ4v) is 4.61. The summed E-state index contributed by atoms with van der Waals surface area (Å²) in [6, 6.07) is 22.4. The van der Waals surface area contributed by atoms with Crippen LogP contribution in [0.4, 0.5) is 11.4 Å². The van der Waals surface area contributed by atoms with Crippen molar-refractivity contribution in [2.24, 2.45) is 24.3 Å². The number of rotatable bonds is 5. The molecular weight excluding hydrogens is 612 g/mol. The molecule has 0 bridgehead atoms. The normalized spacial score (nSPS) is 12.6. The molecule has 2 aromatic heterocycles. The summed E-state index contributed by atoms with van der Waals surface area (Å²) in [5.74, 6) is 0. The van der Waals surface area contributed by atoms with Gasteiger partial charge >= 0.3 is 0 Å². The lowest BCUT2D eigenvalue weighted by Gasteiger charge is -2.05. The lowest BCUT2D eigenvalue weighted by atomic mass is 10.1. The van der Waals surface area contributed by atoms with Gasteiger partial charge in [-0.25, -0.2) is 0 Å². The number of hydrogen-bond donors (Lipinski definition) is 2. The van der Waals surface area contributed by atoms with Crippen LogP contribution in [0.3, 0.4) is 0 Å². The zero-order valence-electron chi connectivity index (χ0n) is 20.4. The first kappa shape index (κ1) is 25.6. The Hall–Kier alpha value is -4.02. The number of nitrogens with one attached hydrogen (secondary N) is 2. The Kier molecular flexibility index (Phi) is 7.26. The smallest absolute Gasteiger partial charge is 0.205 e. The molecule has 190 valence electrons. The van der Waals surface area contributed by atoms with Gasteiger partial charge in [-0.2, -0.15) is 10.2 Å². The van der Waals surface area contributed by atoms with Crippen LogP contribution in [-0.2, 0) is 14.1 Å². The van der Waals surface area contributed by atoms with Crippen molar-refractivity contribution in [1.82, 2.24) is 14.6 Å². The van der Waals surface area contributed by atoms with E-state index in [1.54, 1.807) is 42.2 Å². The maximum Gasteiger partial charge on any atom is 0.205 e. The van der Waals surface area contributed by atoms with Crippen molar-refractivity contribution in [2.45, 2.75) is 0 Å². The lowest BCUT2D eigenvalue weighted by Crippen LogP contribution is -2.32. The largest absolute Gasteiger partial charge is 0.343 e. The van der Waals surface area contributed by atoms with E-state index in [0.717, 1.165) is 31.0 Å². The molecule has 3 aromatic carbocycles. The van der Waals surface area contributed by atoms with Crippen molar-refractivity contribution in [1.29, 1.82) is 0 Å². The highest BCUT2D eigenvalue weighted by Crippen LogP contribution is 2.17. The second kappa shape index (κ2) is 10.8. The summed E-state index contributed by atoms with van der Waals surface area (Å²) in [6.07, 6.45) is 3.37. The Bertz CT molecular complexity index is 2020. The molecule has 5 aromatic rings. The van der Waals surface area contributed by atoms with Crippen LogP contribution in [0.25, 0.3) is 12.4 Å². The molecule has 38 heavy (non-hydrogen) atoms. The van der Waals surface area contributed by atoms with E-state index in [1.165, 1.54) is 0 Å². The van der Waals surface area contributed by atoms with E-state index < -0.39 is 0 Å². The van der Waals surface area contributed by atoms with E-state index in [-0.39, 0.29) is 21.3 Å². The maximum absolute atomic E-state index is 13.1. The van der Waals surface area contributed by atoms with Crippen molar-refractivity contribution < 1.29 is 0 Å². The van der Waals surface area contributed by atoms with E-state index in [4.69, 9.17) is 0 Å². The Morgan fingerprint density at radius 2 is 1.24 bits per heavy atom. The molecule has 0 saturated heterocycles. The average molecular weight is 634 g/mol. The Balaban J connectivity index is 1.50. The van der Waals surface area contributed by atoms with Gasteiger partial charge in [-0.3, -0.25) is 9.59 Å². The molecule has 0 unspecified atom stereocenters. The number of aromatic nitrogens is 2. The number of azo groups is 1. The molecule has 0 aliphatic heterocycles. The average Bonchev–Trinajstić information content (AvgIpc) is 3.44. The van der Waals surface area contributed by atoms with Gasteiger partial charge in [0, 0.05) is 29.2 Å². The SMILES string of the molecule is Cn1c(=c2c(=O)c(=c3cc/c(=C\N=Nc4ccc(Br)cc4)n3C)c2=O)cc/c1=C/NNc1ccc(Br)cc1. The third-order valence-electron chi connectivity index (χ3n) is 6.21.